The van der Waals surface area contributed by atoms with Crippen LogP contribution in [-0.4, -0.2) is 35.0 Å². The van der Waals surface area contributed by atoms with Gasteiger partial charge in [-0.15, -0.1) is 0 Å². The Hall–Kier alpha value is -2.37. The summed E-state index contributed by atoms with van der Waals surface area (Å²) in [4.78, 5) is 34.9. The van der Waals surface area contributed by atoms with Gasteiger partial charge >= 0.3 is 5.97 Å². The van der Waals surface area contributed by atoms with Gasteiger partial charge in [0.25, 0.3) is 5.91 Å². The van der Waals surface area contributed by atoms with E-state index in [-0.39, 0.29) is 23.8 Å². The summed E-state index contributed by atoms with van der Waals surface area (Å²) in [5, 5.41) is 14.4. The fourth-order valence-corrected chi connectivity index (χ4v) is 2.60. The molecule has 22 heavy (non-hydrogen) atoms. The van der Waals surface area contributed by atoms with Crippen molar-refractivity contribution in [3.63, 3.8) is 0 Å². The molecule has 0 aromatic heterocycles. The number of carbonyl (C=O) groups excluding carboxylic acids is 2. The molecule has 3 N–H and O–H groups in total. The van der Waals surface area contributed by atoms with Crippen molar-refractivity contribution in [1.82, 2.24) is 10.6 Å². The van der Waals surface area contributed by atoms with Crippen LogP contribution < -0.4 is 10.6 Å². The van der Waals surface area contributed by atoms with E-state index in [0.29, 0.717) is 24.8 Å². The molecule has 3 unspecified atom stereocenters. The van der Waals surface area contributed by atoms with Crippen molar-refractivity contribution < 1.29 is 19.5 Å². The second-order valence-electron chi connectivity index (χ2n) is 5.61. The third-order valence-electron chi connectivity index (χ3n) is 3.91. The summed E-state index contributed by atoms with van der Waals surface area (Å²) in [6, 6.07) is 7.87. The van der Waals surface area contributed by atoms with E-state index >= 15 is 0 Å². The Morgan fingerprint density at radius 1 is 1.18 bits per heavy atom. The minimum Gasteiger partial charge on any atom is -0.481 e. The van der Waals surface area contributed by atoms with Crippen molar-refractivity contribution in [1.29, 1.82) is 0 Å². The summed E-state index contributed by atoms with van der Waals surface area (Å²) < 4.78 is 0. The Morgan fingerprint density at radius 2 is 1.86 bits per heavy atom. The van der Waals surface area contributed by atoms with Gasteiger partial charge in [-0.3, -0.25) is 14.4 Å². The van der Waals surface area contributed by atoms with E-state index in [2.05, 4.69) is 10.6 Å². The Balaban J connectivity index is 1.83. The number of carbonyl (C=O) groups is 3. The Bertz CT molecular complexity index is 559. The second-order valence-corrected chi connectivity index (χ2v) is 5.61. The van der Waals surface area contributed by atoms with Crippen LogP contribution in [0.5, 0.6) is 0 Å². The quantitative estimate of drug-likeness (QED) is 0.761. The highest BCUT2D eigenvalue weighted by molar-refractivity contribution is 5.97. The van der Waals surface area contributed by atoms with Crippen LogP contribution in [0.3, 0.4) is 0 Å². The molecule has 1 fully saturated rings. The molecule has 2 amide bonds. The molecule has 2 rings (SSSR count). The molecule has 3 atom stereocenters. The van der Waals surface area contributed by atoms with Crippen LogP contribution >= 0.6 is 0 Å². The van der Waals surface area contributed by atoms with Crippen LogP contribution in [-0.2, 0) is 9.59 Å². The van der Waals surface area contributed by atoms with E-state index in [1.165, 1.54) is 0 Å². The van der Waals surface area contributed by atoms with Crippen LogP contribution in [0.25, 0.3) is 0 Å². The van der Waals surface area contributed by atoms with E-state index in [9.17, 15) is 14.4 Å². The molecule has 0 heterocycles. The van der Waals surface area contributed by atoms with Crippen molar-refractivity contribution in [3.05, 3.63) is 35.9 Å². The first-order valence-corrected chi connectivity index (χ1v) is 7.36. The van der Waals surface area contributed by atoms with Gasteiger partial charge in [0.2, 0.25) is 5.91 Å². The summed E-state index contributed by atoms with van der Waals surface area (Å²) in [6.45, 7) is 1.61. The molecule has 6 nitrogen and oxygen atoms in total. The van der Waals surface area contributed by atoms with Crippen molar-refractivity contribution in [2.24, 2.45) is 5.92 Å². The van der Waals surface area contributed by atoms with E-state index in [1.807, 2.05) is 6.07 Å². The zero-order valence-corrected chi connectivity index (χ0v) is 12.4. The molecule has 0 spiro atoms. The van der Waals surface area contributed by atoms with Gasteiger partial charge in [0.1, 0.15) is 6.04 Å². The highest BCUT2D eigenvalue weighted by Crippen LogP contribution is 2.25. The summed E-state index contributed by atoms with van der Waals surface area (Å²) in [5.74, 6) is -1.81. The van der Waals surface area contributed by atoms with Crippen LogP contribution in [0.1, 0.15) is 36.5 Å². The lowest BCUT2D eigenvalue weighted by Crippen LogP contribution is -2.47. The van der Waals surface area contributed by atoms with Crippen LogP contribution in [0, 0.1) is 5.92 Å². The molecule has 0 aliphatic heterocycles. The fraction of sp³-hybridized carbons (Fsp3) is 0.438. The van der Waals surface area contributed by atoms with Gasteiger partial charge in [0.15, 0.2) is 0 Å². The smallest absolute Gasteiger partial charge is 0.306 e. The average molecular weight is 304 g/mol. The third-order valence-corrected chi connectivity index (χ3v) is 3.91. The number of nitrogens with one attached hydrogen (secondary N) is 2. The van der Waals surface area contributed by atoms with E-state index < -0.39 is 12.0 Å². The number of benzene rings is 1. The summed E-state index contributed by atoms with van der Waals surface area (Å²) in [7, 11) is 0. The Labute approximate surface area is 128 Å². The highest BCUT2D eigenvalue weighted by atomic mass is 16.4. The number of aliphatic carboxylic acids is 1. The SMILES string of the molecule is CC(NC(=O)c1ccccc1)C(=O)NC1CCC(C(=O)O)C1. The zero-order chi connectivity index (χ0) is 16.1. The minimum atomic E-state index is -0.817. The monoisotopic (exact) mass is 304 g/mol. The zero-order valence-electron chi connectivity index (χ0n) is 12.4. The maximum absolute atomic E-state index is 12.1. The molecule has 6 heteroatoms. The topological polar surface area (TPSA) is 95.5 Å². The molecule has 1 saturated carbocycles. The molecule has 118 valence electrons. The van der Waals surface area contributed by atoms with Gasteiger partial charge < -0.3 is 15.7 Å². The number of hydrogen-bond donors (Lipinski definition) is 3. The Kier molecular flexibility index (Phi) is 5.14. The predicted molar refractivity (Wildman–Crippen MR) is 80.3 cm³/mol. The van der Waals surface area contributed by atoms with Crippen molar-refractivity contribution in [3.8, 4) is 0 Å². The molecule has 1 aromatic rings. The van der Waals surface area contributed by atoms with Gasteiger partial charge in [-0.05, 0) is 38.3 Å². The number of carboxylic acids is 1. The molecular weight excluding hydrogens is 284 g/mol. The first-order chi connectivity index (χ1) is 10.5. The number of carboxylic acid groups (broad SMARTS) is 1. The van der Waals surface area contributed by atoms with E-state index in [0.717, 1.165) is 0 Å². The first-order valence-electron chi connectivity index (χ1n) is 7.36. The van der Waals surface area contributed by atoms with Crippen molar-refractivity contribution in [2.75, 3.05) is 0 Å². The maximum atomic E-state index is 12.1. The number of rotatable bonds is 5. The Morgan fingerprint density at radius 3 is 2.45 bits per heavy atom. The summed E-state index contributed by atoms with van der Waals surface area (Å²) in [5.41, 5.74) is 0.494. The largest absolute Gasteiger partial charge is 0.481 e. The molecule has 1 aliphatic rings. The van der Waals surface area contributed by atoms with E-state index in [1.54, 1.807) is 31.2 Å². The highest BCUT2D eigenvalue weighted by Gasteiger charge is 2.31. The van der Waals surface area contributed by atoms with Crippen LogP contribution in [0.2, 0.25) is 0 Å². The lowest BCUT2D eigenvalue weighted by atomic mass is 10.1. The van der Waals surface area contributed by atoms with Gasteiger partial charge in [-0.1, -0.05) is 18.2 Å². The lowest BCUT2D eigenvalue weighted by Gasteiger charge is -2.18. The first kappa shape index (κ1) is 16.0. The van der Waals surface area contributed by atoms with Crippen LogP contribution in [0.15, 0.2) is 30.3 Å². The average Bonchev–Trinajstić information content (AvgIpc) is 2.96. The van der Waals surface area contributed by atoms with Crippen molar-refractivity contribution >= 4 is 17.8 Å². The number of hydrogen-bond acceptors (Lipinski definition) is 3. The molecular formula is C16H20N2O4. The summed E-state index contributed by atoms with van der Waals surface area (Å²) in [6.07, 6.45) is 1.67. The van der Waals surface area contributed by atoms with Crippen molar-refractivity contribution in [2.45, 2.75) is 38.3 Å². The van der Waals surface area contributed by atoms with Gasteiger partial charge in [0.05, 0.1) is 5.92 Å². The normalized spacial score (nSPS) is 21.9. The van der Waals surface area contributed by atoms with Crippen LogP contribution in [0.4, 0.5) is 0 Å². The predicted octanol–water partition coefficient (Wildman–Crippen LogP) is 1.17. The summed E-state index contributed by atoms with van der Waals surface area (Å²) >= 11 is 0. The van der Waals surface area contributed by atoms with Gasteiger partial charge in [-0.25, -0.2) is 0 Å². The third kappa shape index (κ3) is 4.07. The van der Waals surface area contributed by atoms with Gasteiger partial charge in [-0.2, -0.15) is 0 Å². The maximum Gasteiger partial charge on any atom is 0.306 e. The molecule has 1 aliphatic carbocycles. The minimum absolute atomic E-state index is 0.135. The number of amides is 2. The second kappa shape index (κ2) is 7.06. The lowest BCUT2D eigenvalue weighted by molar-refractivity contribution is -0.141. The molecule has 1 aromatic carbocycles. The fourth-order valence-electron chi connectivity index (χ4n) is 2.60. The van der Waals surface area contributed by atoms with Gasteiger partial charge in [0, 0.05) is 11.6 Å². The molecule has 0 bridgehead atoms. The molecule has 0 saturated heterocycles. The standard InChI is InChI=1S/C16H20N2O4/c1-10(17-15(20)11-5-3-2-4-6-11)14(19)18-13-8-7-12(9-13)16(21)22/h2-6,10,12-13H,7-9H2,1H3,(H,17,20)(H,18,19)(H,21,22). The molecule has 0 radical (unpaired) electrons. The van der Waals surface area contributed by atoms with E-state index in [4.69, 9.17) is 5.11 Å².